The Bertz CT molecular complexity index is 972. The molecule has 5 nitrogen and oxygen atoms in total. The molecule has 3 aromatic rings. The Balaban J connectivity index is 1.99. The van der Waals surface area contributed by atoms with Crippen molar-refractivity contribution in [3.05, 3.63) is 71.0 Å². The molecule has 0 saturated carbocycles. The summed E-state index contributed by atoms with van der Waals surface area (Å²) in [6, 6.07) is 9.40. The quantitative estimate of drug-likeness (QED) is 0.690. The molecule has 0 radical (unpaired) electrons. The summed E-state index contributed by atoms with van der Waals surface area (Å²) in [6.07, 6.45) is -1.71. The Morgan fingerprint density at radius 3 is 2.63 bits per heavy atom. The second-order valence-electron chi connectivity index (χ2n) is 5.48. The van der Waals surface area contributed by atoms with Crippen LogP contribution >= 0.6 is 11.6 Å². The molecule has 0 atom stereocenters. The maximum absolute atomic E-state index is 13.5. The molecule has 140 valence electrons. The van der Waals surface area contributed by atoms with Crippen molar-refractivity contribution in [3.63, 3.8) is 0 Å². The van der Waals surface area contributed by atoms with E-state index in [-0.39, 0.29) is 27.7 Å². The molecule has 0 saturated heterocycles. The summed E-state index contributed by atoms with van der Waals surface area (Å²) in [7, 11) is 1.35. The highest BCUT2D eigenvalue weighted by Gasteiger charge is 2.34. The molecule has 27 heavy (non-hydrogen) atoms. The van der Waals surface area contributed by atoms with Crippen LogP contribution < -0.4 is 10.1 Å². The lowest BCUT2D eigenvalue weighted by molar-refractivity contribution is -0.136. The van der Waals surface area contributed by atoms with Crippen LogP contribution in [0.3, 0.4) is 0 Å². The minimum absolute atomic E-state index is 0.0225. The smallest absolute Gasteiger partial charge is 0.418 e. The maximum atomic E-state index is 13.5. The first-order valence-corrected chi connectivity index (χ1v) is 8.03. The van der Waals surface area contributed by atoms with Gasteiger partial charge < -0.3 is 10.1 Å². The van der Waals surface area contributed by atoms with E-state index in [0.29, 0.717) is 0 Å². The van der Waals surface area contributed by atoms with Crippen molar-refractivity contribution in [1.29, 1.82) is 0 Å². The molecule has 0 unspecified atom stereocenters. The number of halogens is 4. The Morgan fingerprint density at radius 1 is 1.22 bits per heavy atom. The van der Waals surface area contributed by atoms with Crippen LogP contribution in [0.1, 0.15) is 15.9 Å². The van der Waals surface area contributed by atoms with Crippen molar-refractivity contribution in [2.24, 2.45) is 0 Å². The minimum atomic E-state index is -4.68. The molecule has 3 rings (SSSR count). The predicted octanol–water partition coefficient (Wildman–Crippen LogP) is 4.81. The fraction of sp³-hybridized carbons (Fsp3) is 0.111. The minimum Gasteiger partial charge on any atom is -0.496 e. The standard InChI is InChI=1S/C18H13ClF3N3O2/c1-27-16-6-3-11(19)9-13(16)17(26)24-15-5-4-12(25-8-2-7-23-25)10-14(15)18(20,21)22/h2-10H,1H3,(H,24,26). The van der Waals surface area contributed by atoms with Crippen LogP contribution in [0.4, 0.5) is 18.9 Å². The average molecular weight is 396 g/mol. The van der Waals surface area contributed by atoms with Gasteiger partial charge in [0.05, 0.1) is 29.6 Å². The van der Waals surface area contributed by atoms with Gasteiger partial charge in [-0.1, -0.05) is 11.6 Å². The Kier molecular flexibility index (Phi) is 5.09. The summed E-state index contributed by atoms with van der Waals surface area (Å²) in [4.78, 5) is 12.5. The van der Waals surface area contributed by atoms with Crippen molar-refractivity contribution in [2.75, 3.05) is 12.4 Å². The zero-order chi connectivity index (χ0) is 19.6. The van der Waals surface area contributed by atoms with Gasteiger partial charge in [-0.05, 0) is 42.5 Å². The van der Waals surface area contributed by atoms with Crippen molar-refractivity contribution < 1.29 is 22.7 Å². The molecule has 0 bridgehead atoms. The Morgan fingerprint density at radius 2 is 2.00 bits per heavy atom. The number of carbonyl (C=O) groups excluding carboxylic acids is 1. The number of methoxy groups -OCH3 is 1. The highest BCUT2D eigenvalue weighted by Crippen LogP contribution is 2.36. The van der Waals surface area contributed by atoms with Crippen LogP contribution in [0.25, 0.3) is 5.69 Å². The molecule has 2 aromatic carbocycles. The van der Waals surface area contributed by atoms with Crippen LogP contribution in [-0.4, -0.2) is 22.8 Å². The van der Waals surface area contributed by atoms with E-state index in [9.17, 15) is 18.0 Å². The molecule has 0 aliphatic heterocycles. The second-order valence-corrected chi connectivity index (χ2v) is 5.91. The number of hydrogen-bond acceptors (Lipinski definition) is 3. The lowest BCUT2D eigenvalue weighted by atomic mass is 10.1. The van der Waals surface area contributed by atoms with Crippen LogP contribution in [0.2, 0.25) is 5.02 Å². The lowest BCUT2D eigenvalue weighted by Gasteiger charge is -2.16. The molecular weight excluding hydrogens is 383 g/mol. The molecular formula is C18H13ClF3N3O2. The molecule has 1 aromatic heterocycles. The van der Waals surface area contributed by atoms with Gasteiger partial charge in [0, 0.05) is 17.4 Å². The van der Waals surface area contributed by atoms with E-state index < -0.39 is 17.6 Å². The number of alkyl halides is 3. The third-order valence-electron chi connectivity index (χ3n) is 3.73. The maximum Gasteiger partial charge on any atom is 0.418 e. The summed E-state index contributed by atoms with van der Waals surface area (Å²) < 4.78 is 46.9. The summed E-state index contributed by atoms with van der Waals surface area (Å²) >= 11 is 5.88. The van der Waals surface area contributed by atoms with E-state index in [1.165, 1.54) is 54.5 Å². The molecule has 9 heteroatoms. The van der Waals surface area contributed by atoms with Crippen molar-refractivity contribution >= 4 is 23.2 Å². The molecule has 0 spiro atoms. The van der Waals surface area contributed by atoms with E-state index >= 15 is 0 Å². The summed E-state index contributed by atoms with van der Waals surface area (Å²) in [5.74, 6) is -0.578. The van der Waals surface area contributed by atoms with Gasteiger partial charge in [-0.3, -0.25) is 4.79 Å². The molecule has 1 N–H and O–H groups in total. The largest absolute Gasteiger partial charge is 0.496 e. The lowest BCUT2D eigenvalue weighted by Crippen LogP contribution is -2.18. The van der Waals surface area contributed by atoms with Gasteiger partial charge in [0.2, 0.25) is 0 Å². The highest BCUT2D eigenvalue weighted by atomic mass is 35.5. The van der Waals surface area contributed by atoms with E-state index in [1.807, 2.05) is 0 Å². The third kappa shape index (κ3) is 4.06. The number of hydrogen-bond donors (Lipinski definition) is 1. The van der Waals surface area contributed by atoms with Crippen LogP contribution in [0.5, 0.6) is 5.75 Å². The van der Waals surface area contributed by atoms with Crippen molar-refractivity contribution in [2.45, 2.75) is 6.18 Å². The summed E-state index contributed by atoms with van der Waals surface area (Å²) in [5.41, 5.74) is -1.14. The van der Waals surface area contributed by atoms with Crippen LogP contribution in [0.15, 0.2) is 54.9 Å². The molecule has 0 aliphatic rings. The van der Waals surface area contributed by atoms with Crippen LogP contribution in [-0.2, 0) is 6.18 Å². The van der Waals surface area contributed by atoms with Gasteiger partial charge in [-0.2, -0.15) is 18.3 Å². The van der Waals surface area contributed by atoms with Crippen LogP contribution in [0, 0.1) is 0 Å². The van der Waals surface area contributed by atoms with E-state index in [0.717, 1.165) is 6.07 Å². The normalized spacial score (nSPS) is 11.3. The monoisotopic (exact) mass is 395 g/mol. The van der Waals surface area contributed by atoms with Crippen molar-refractivity contribution in [1.82, 2.24) is 9.78 Å². The number of benzene rings is 2. The highest BCUT2D eigenvalue weighted by molar-refractivity contribution is 6.31. The number of aromatic nitrogens is 2. The van der Waals surface area contributed by atoms with Gasteiger partial charge in [0.15, 0.2) is 0 Å². The van der Waals surface area contributed by atoms with Gasteiger partial charge in [-0.15, -0.1) is 0 Å². The van der Waals surface area contributed by atoms with Crippen molar-refractivity contribution in [3.8, 4) is 11.4 Å². The number of nitrogens with zero attached hydrogens (tertiary/aromatic N) is 2. The van der Waals surface area contributed by atoms with E-state index in [2.05, 4.69) is 10.4 Å². The van der Waals surface area contributed by atoms with Gasteiger partial charge >= 0.3 is 6.18 Å². The zero-order valence-electron chi connectivity index (χ0n) is 13.9. The average Bonchev–Trinajstić information content (AvgIpc) is 3.15. The number of amides is 1. The fourth-order valence-electron chi connectivity index (χ4n) is 2.49. The number of nitrogens with one attached hydrogen (secondary N) is 1. The van der Waals surface area contributed by atoms with Gasteiger partial charge in [-0.25, -0.2) is 4.68 Å². The first-order valence-electron chi connectivity index (χ1n) is 7.66. The zero-order valence-corrected chi connectivity index (χ0v) is 14.7. The van der Waals surface area contributed by atoms with E-state index in [1.54, 1.807) is 6.07 Å². The number of ether oxygens (including phenoxy) is 1. The number of anilines is 1. The predicted molar refractivity (Wildman–Crippen MR) is 94.5 cm³/mol. The molecule has 1 heterocycles. The fourth-order valence-corrected chi connectivity index (χ4v) is 2.66. The molecule has 1 amide bonds. The summed E-state index contributed by atoms with van der Waals surface area (Å²) in [5, 5.41) is 6.45. The Labute approximate surface area is 157 Å². The first kappa shape index (κ1) is 18.8. The van der Waals surface area contributed by atoms with Gasteiger partial charge in [0.25, 0.3) is 5.91 Å². The Hall–Kier alpha value is -3.00. The van der Waals surface area contributed by atoms with Gasteiger partial charge in [0.1, 0.15) is 5.75 Å². The van der Waals surface area contributed by atoms with E-state index in [4.69, 9.17) is 16.3 Å². The molecule has 0 fully saturated rings. The number of rotatable bonds is 4. The third-order valence-corrected chi connectivity index (χ3v) is 3.97. The SMILES string of the molecule is COc1ccc(Cl)cc1C(=O)Nc1ccc(-n2cccn2)cc1C(F)(F)F. The second kappa shape index (κ2) is 7.32. The topological polar surface area (TPSA) is 56.1 Å². The summed E-state index contributed by atoms with van der Waals surface area (Å²) in [6.45, 7) is 0. The number of carbonyl (C=O) groups is 1. The first-order chi connectivity index (χ1) is 12.8. The molecule has 0 aliphatic carbocycles.